The number of hydrogen-bond donors (Lipinski definition) is 0. The molecule has 0 bridgehead atoms. The Morgan fingerprint density at radius 2 is 1.61 bits per heavy atom. The van der Waals surface area contributed by atoms with Crippen molar-refractivity contribution in [1.29, 1.82) is 0 Å². The normalized spacial score (nSPS) is 26.2. The van der Waals surface area contributed by atoms with Crippen LogP contribution in [0.15, 0.2) is 16.7 Å². The van der Waals surface area contributed by atoms with Gasteiger partial charge in [-0.05, 0) is 80.4 Å². The third-order valence-electron chi connectivity index (χ3n) is 5.80. The van der Waals surface area contributed by atoms with Crippen molar-refractivity contribution in [2.45, 2.75) is 82.9 Å². The molecule has 2 aliphatic rings. The van der Waals surface area contributed by atoms with E-state index in [4.69, 9.17) is 9.47 Å². The molecule has 28 heavy (non-hydrogen) atoms. The van der Waals surface area contributed by atoms with E-state index in [0.29, 0.717) is 25.9 Å². The van der Waals surface area contributed by atoms with Crippen LogP contribution in [0, 0.1) is 6.92 Å². The summed E-state index contributed by atoms with van der Waals surface area (Å²) in [5.74, 6) is 0.818. The molecule has 158 valence electrons. The highest BCUT2D eigenvalue weighted by atomic mass is 79.9. The Balaban J connectivity index is 1.39. The first kappa shape index (κ1) is 21.8. The van der Waals surface area contributed by atoms with Crippen LogP contribution in [0.3, 0.4) is 0 Å². The van der Waals surface area contributed by atoms with Gasteiger partial charge in [0.1, 0.15) is 16.4 Å². The third kappa shape index (κ3) is 5.83. The molecule has 1 aromatic rings. The largest absolute Gasteiger partial charge is 0.489 e. The number of aromatic nitrogens is 1. The number of pyridine rings is 1. The first-order valence-corrected chi connectivity index (χ1v) is 10.8. The van der Waals surface area contributed by atoms with E-state index in [-0.39, 0.29) is 18.3 Å². The Bertz CT molecular complexity index is 643. The van der Waals surface area contributed by atoms with E-state index >= 15 is 0 Å². The molecule has 1 saturated heterocycles. The molecular formula is C20H28BrF3N2O2. The van der Waals surface area contributed by atoms with Gasteiger partial charge in [-0.25, -0.2) is 4.98 Å². The summed E-state index contributed by atoms with van der Waals surface area (Å²) in [6.07, 6.45) is 1.28. The summed E-state index contributed by atoms with van der Waals surface area (Å²) in [7, 11) is 0. The highest BCUT2D eigenvalue weighted by Gasteiger charge is 2.41. The molecule has 2 heterocycles. The van der Waals surface area contributed by atoms with Crippen LogP contribution in [0.2, 0.25) is 0 Å². The monoisotopic (exact) mass is 464 g/mol. The van der Waals surface area contributed by atoms with Gasteiger partial charge >= 0.3 is 6.18 Å². The number of nitrogens with zero attached hydrogens (tertiary/aromatic N) is 2. The average molecular weight is 465 g/mol. The number of rotatable bonds is 5. The molecule has 1 aliphatic carbocycles. The molecule has 1 aromatic heterocycles. The maximum Gasteiger partial charge on any atom is 0.403 e. The summed E-state index contributed by atoms with van der Waals surface area (Å²) < 4.78 is 51.6. The number of aryl methyl sites for hydroxylation is 1. The first-order chi connectivity index (χ1) is 13.2. The Hall–Kier alpha value is -0.860. The fourth-order valence-corrected chi connectivity index (χ4v) is 4.38. The minimum absolute atomic E-state index is 0.0667. The van der Waals surface area contributed by atoms with Crippen molar-refractivity contribution < 1.29 is 22.6 Å². The van der Waals surface area contributed by atoms with Crippen molar-refractivity contribution in [3.05, 3.63) is 22.4 Å². The molecule has 1 atom stereocenters. The van der Waals surface area contributed by atoms with Crippen LogP contribution in [0.25, 0.3) is 0 Å². The van der Waals surface area contributed by atoms with E-state index in [1.54, 1.807) is 0 Å². The maximum atomic E-state index is 12.9. The summed E-state index contributed by atoms with van der Waals surface area (Å²) in [5.41, 5.74) is 0.868. The van der Waals surface area contributed by atoms with E-state index in [1.807, 2.05) is 19.1 Å². The molecule has 0 amide bonds. The zero-order valence-corrected chi connectivity index (χ0v) is 17.9. The molecule has 0 N–H and O–H groups in total. The lowest BCUT2D eigenvalue weighted by molar-refractivity contribution is -0.185. The second-order valence-electron chi connectivity index (χ2n) is 7.82. The Morgan fingerprint density at radius 1 is 1.04 bits per heavy atom. The van der Waals surface area contributed by atoms with Crippen molar-refractivity contribution in [3.63, 3.8) is 0 Å². The second-order valence-corrected chi connectivity index (χ2v) is 8.64. The van der Waals surface area contributed by atoms with E-state index in [9.17, 15) is 13.2 Å². The Kier molecular flexibility index (Phi) is 7.26. The third-order valence-corrected chi connectivity index (χ3v) is 6.24. The van der Waals surface area contributed by atoms with Crippen molar-refractivity contribution in [3.8, 4) is 5.75 Å². The number of hydrogen-bond acceptors (Lipinski definition) is 4. The quantitative estimate of drug-likeness (QED) is 0.555. The molecule has 2 fully saturated rings. The lowest BCUT2D eigenvalue weighted by Gasteiger charge is -2.38. The van der Waals surface area contributed by atoms with Crippen LogP contribution in [-0.4, -0.2) is 53.5 Å². The molecule has 3 rings (SSSR count). The van der Waals surface area contributed by atoms with Crippen LogP contribution in [0.1, 0.15) is 51.1 Å². The first-order valence-electron chi connectivity index (χ1n) is 9.98. The van der Waals surface area contributed by atoms with Gasteiger partial charge in [-0.2, -0.15) is 13.2 Å². The number of halogens is 4. The number of alkyl halides is 3. The van der Waals surface area contributed by atoms with Gasteiger partial charge in [-0.15, -0.1) is 0 Å². The zero-order valence-electron chi connectivity index (χ0n) is 16.3. The number of piperidine rings is 1. The predicted molar refractivity (Wildman–Crippen MR) is 105 cm³/mol. The van der Waals surface area contributed by atoms with Crippen LogP contribution >= 0.6 is 15.9 Å². The van der Waals surface area contributed by atoms with Crippen LogP contribution < -0.4 is 4.74 Å². The number of ether oxygens (including phenoxy) is 2. The molecule has 1 unspecified atom stereocenters. The fourth-order valence-electron chi connectivity index (χ4n) is 3.99. The topological polar surface area (TPSA) is 34.6 Å². The molecule has 0 radical (unpaired) electrons. The van der Waals surface area contributed by atoms with Crippen LogP contribution in [0.4, 0.5) is 13.2 Å². The van der Waals surface area contributed by atoms with Gasteiger partial charge in [-0.1, -0.05) is 0 Å². The minimum atomic E-state index is -4.16. The standard InChI is InChI=1S/C20H28BrF3N2O2/c1-13-18(7-8-19(21)25-13)28-16-5-3-15(4-6-16)27-17-9-11-26(12-10-17)14(2)20(22,23)24/h7-8,14-17H,3-6,9-12H2,1-2H3/t14?,15-,16-. The summed E-state index contributed by atoms with van der Waals surface area (Å²) >= 11 is 3.36. The SMILES string of the molecule is Cc1nc(Br)ccc1O[C@H]1CC[C@H](OC2CCN(C(C)C(F)(F)F)CC2)CC1. The van der Waals surface area contributed by atoms with E-state index in [0.717, 1.165) is 41.7 Å². The summed E-state index contributed by atoms with van der Waals surface area (Å²) in [6.45, 7) is 4.06. The van der Waals surface area contributed by atoms with Gasteiger partial charge in [-0.3, -0.25) is 4.90 Å². The highest BCUT2D eigenvalue weighted by Crippen LogP contribution is 2.31. The summed E-state index contributed by atoms with van der Waals surface area (Å²) in [4.78, 5) is 5.87. The molecule has 0 spiro atoms. The highest BCUT2D eigenvalue weighted by molar-refractivity contribution is 9.10. The summed E-state index contributed by atoms with van der Waals surface area (Å²) in [6, 6.07) is 2.44. The zero-order chi connectivity index (χ0) is 20.3. The Morgan fingerprint density at radius 3 is 2.18 bits per heavy atom. The summed E-state index contributed by atoms with van der Waals surface area (Å²) in [5, 5.41) is 0. The lowest BCUT2D eigenvalue weighted by atomic mass is 9.94. The van der Waals surface area contributed by atoms with E-state index < -0.39 is 12.2 Å². The van der Waals surface area contributed by atoms with Gasteiger partial charge in [0.25, 0.3) is 0 Å². The molecule has 8 heteroatoms. The molecule has 1 aliphatic heterocycles. The van der Waals surface area contributed by atoms with Crippen molar-refractivity contribution in [1.82, 2.24) is 9.88 Å². The van der Waals surface area contributed by atoms with Gasteiger partial charge in [0.15, 0.2) is 0 Å². The second kappa shape index (κ2) is 9.30. The average Bonchev–Trinajstić information content (AvgIpc) is 2.65. The maximum absolute atomic E-state index is 12.9. The van der Waals surface area contributed by atoms with Crippen molar-refractivity contribution in [2.75, 3.05) is 13.1 Å². The fraction of sp³-hybridized carbons (Fsp3) is 0.750. The molecule has 0 aromatic carbocycles. The Labute approximate surface area is 172 Å². The molecular weight excluding hydrogens is 437 g/mol. The lowest BCUT2D eigenvalue weighted by Crippen LogP contribution is -2.49. The van der Waals surface area contributed by atoms with Gasteiger partial charge < -0.3 is 9.47 Å². The van der Waals surface area contributed by atoms with Gasteiger partial charge in [0.2, 0.25) is 0 Å². The van der Waals surface area contributed by atoms with Crippen LogP contribution in [-0.2, 0) is 4.74 Å². The minimum Gasteiger partial charge on any atom is -0.489 e. The smallest absolute Gasteiger partial charge is 0.403 e. The van der Waals surface area contributed by atoms with Crippen molar-refractivity contribution in [2.24, 2.45) is 0 Å². The molecule has 4 nitrogen and oxygen atoms in total. The van der Waals surface area contributed by atoms with Crippen LogP contribution in [0.5, 0.6) is 5.75 Å². The van der Waals surface area contributed by atoms with Gasteiger partial charge in [0, 0.05) is 13.1 Å². The molecule has 1 saturated carbocycles. The van der Waals surface area contributed by atoms with E-state index in [2.05, 4.69) is 20.9 Å². The van der Waals surface area contributed by atoms with E-state index in [1.165, 1.54) is 11.8 Å². The van der Waals surface area contributed by atoms with Crippen molar-refractivity contribution >= 4 is 15.9 Å². The number of likely N-dealkylation sites (tertiary alicyclic amines) is 1. The predicted octanol–water partition coefficient (Wildman–Crippen LogP) is 5.27. The van der Waals surface area contributed by atoms with Gasteiger partial charge in [0.05, 0.1) is 24.0 Å².